The largest absolute Gasteiger partial charge is 0.363 e. The lowest BCUT2D eigenvalue weighted by molar-refractivity contribution is 0.647. The van der Waals surface area contributed by atoms with Gasteiger partial charge in [-0.15, -0.1) is 0 Å². The molecule has 0 spiro atoms. The van der Waals surface area contributed by atoms with E-state index in [1.165, 1.54) is 43.2 Å². The highest BCUT2D eigenvalue weighted by Gasteiger charge is 2.05. The van der Waals surface area contributed by atoms with Gasteiger partial charge in [0.05, 0.1) is 0 Å². The molecule has 0 N–H and O–H groups in total. The lowest BCUT2D eigenvalue weighted by Gasteiger charge is -2.15. The van der Waals surface area contributed by atoms with Gasteiger partial charge in [-0.2, -0.15) is 13.5 Å². The van der Waals surface area contributed by atoms with Crippen LogP contribution in [0.3, 0.4) is 0 Å². The Bertz CT molecular complexity index is 358. The minimum Gasteiger partial charge on any atom is -0.363 e. The van der Waals surface area contributed by atoms with Gasteiger partial charge in [-0.05, 0) is 43.2 Å². The van der Waals surface area contributed by atoms with Gasteiger partial charge in [0.15, 0.2) is 0 Å². The zero-order valence-electron chi connectivity index (χ0n) is 15.6. The first-order valence-corrected chi connectivity index (χ1v) is 12.4. The summed E-state index contributed by atoms with van der Waals surface area (Å²) < 4.78 is 3.35. The maximum Gasteiger partial charge on any atom is 0.146 e. The van der Waals surface area contributed by atoms with Gasteiger partial charge in [0, 0.05) is 56.4 Å². The van der Waals surface area contributed by atoms with Crippen molar-refractivity contribution in [1.29, 1.82) is 0 Å². The second-order valence-corrected chi connectivity index (χ2v) is 11.8. The van der Waals surface area contributed by atoms with Crippen LogP contribution >= 0.6 is 106 Å². The Balaban J connectivity index is -0.000000372. The first-order chi connectivity index (χ1) is 10.9. The molecule has 0 atom stereocenters. The van der Waals surface area contributed by atoms with Crippen LogP contribution in [-0.4, -0.2) is 93.3 Å². The molecule has 148 valence electrons. The third kappa shape index (κ3) is 18.4. The van der Waals surface area contributed by atoms with Gasteiger partial charge in [-0.3, -0.25) is 0 Å². The van der Waals surface area contributed by atoms with E-state index in [9.17, 15) is 0 Å². The normalized spacial score (nSPS) is 8.96. The third-order valence-corrected chi connectivity index (χ3v) is 10.1. The predicted octanol–water partition coefficient (Wildman–Crippen LogP) is 4.23. The molecule has 0 amide bonds. The fourth-order valence-corrected chi connectivity index (χ4v) is 5.19. The van der Waals surface area contributed by atoms with Crippen LogP contribution < -0.4 is 0 Å². The Hall–Kier alpha value is 1.31. The average Bonchev–Trinajstić information content (AvgIpc) is 2.49. The smallest absolute Gasteiger partial charge is 0.146 e. The first kappa shape index (κ1) is 31.0. The summed E-state index contributed by atoms with van der Waals surface area (Å²) in [5.74, 6) is 0. The monoisotopic (exact) mass is 514 g/mol. The lowest BCUT2D eigenvalue weighted by Crippen LogP contribution is -2.18. The minimum atomic E-state index is 0. The van der Waals surface area contributed by atoms with Crippen molar-refractivity contribution in [1.82, 2.24) is 19.6 Å². The van der Waals surface area contributed by atoms with E-state index in [0.717, 1.165) is 17.3 Å². The Labute approximate surface area is 197 Å². The molecule has 0 radical (unpaired) electrons. The number of thiocarbonyl (C=S) groups is 4. The van der Waals surface area contributed by atoms with Crippen molar-refractivity contribution in [3.8, 4) is 0 Å². The Morgan fingerprint density at radius 3 is 0.640 bits per heavy atom. The Kier molecular flexibility index (Phi) is 21.6. The fourth-order valence-electron chi connectivity index (χ4n) is 0.441. The van der Waals surface area contributed by atoms with Gasteiger partial charge in [0.25, 0.3) is 0 Å². The average molecular weight is 515 g/mol. The van der Waals surface area contributed by atoms with Gasteiger partial charge < -0.3 is 19.6 Å². The standard InChI is InChI=1S/2C6H12N2S4.H2S/c2*1-7(2)5(9)11-12-6(10)8(3)4;/h2*1-4H3;1H2. The second kappa shape index (κ2) is 17.4. The molecule has 0 saturated carbocycles. The van der Waals surface area contributed by atoms with E-state index in [2.05, 4.69) is 0 Å². The predicted molar refractivity (Wildman–Crippen MR) is 146 cm³/mol. The van der Waals surface area contributed by atoms with E-state index >= 15 is 0 Å². The summed E-state index contributed by atoms with van der Waals surface area (Å²) in [6, 6.07) is 0. The quantitative estimate of drug-likeness (QED) is 0.339. The van der Waals surface area contributed by atoms with Crippen molar-refractivity contribution >= 4 is 123 Å². The van der Waals surface area contributed by atoms with Crippen molar-refractivity contribution in [2.75, 3.05) is 56.4 Å². The van der Waals surface area contributed by atoms with Gasteiger partial charge in [0.2, 0.25) is 0 Å². The number of rotatable bonds is 0. The van der Waals surface area contributed by atoms with Gasteiger partial charge >= 0.3 is 0 Å². The molecule has 0 aromatic rings. The van der Waals surface area contributed by atoms with Crippen LogP contribution in [0, 0.1) is 0 Å². The summed E-state index contributed by atoms with van der Waals surface area (Å²) in [6.45, 7) is 0. The maximum atomic E-state index is 5.07. The van der Waals surface area contributed by atoms with E-state index in [1.54, 1.807) is 0 Å². The summed E-state index contributed by atoms with van der Waals surface area (Å²) in [5, 5.41) is 0. The number of hydrogen-bond acceptors (Lipinski definition) is 8. The van der Waals surface area contributed by atoms with Gasteiger partial charge in [-0.25, -0.2) is 0 Å². The van der Waals surface area contributed by atoms with Gasteiger partial charge in [-0.1, -0.05) is 48.9 Å². The summed E-state index contributed by atoms with van der Waals surface area (Å²) in [5.41, 5.74) is 0. The summed E-state index contributed by atoms with van der Waals surface area (Å²) >= 11 is 20.3. The van der Waals surface area contributed by atoms with Crippen molar-refractivity contribution in [2.45, 2.75) is 0 Å². The van der Waals surface area contributed by atoms with E-state index in [-0.39, 0.29) is 13.5 Å². The molecule has 0 aromatic carbocycles. The van der Waals surface area contributed by atoms with Crippen LogP contribution in [0.2, 0.25) is 0 Å². The third-order valence-electron chi connectivity index (χ3n) is 1.83. The van der Waals surface area contributed by atoms with Crippen LogP contribution in [0.15, 0.2) is 0 Å². The van der Waals surface area contributed by atoms with Crippen molar-refractivity contribution in [2.24, 2.45) is 0 Å². The molecule has 4 nitrogen and oxygen atoms in total. The second-order valence-electron chi connectivity index (χ2n) is 4.97. The van der Waals surface area contributed by atoms with E-state index in [0.29, 0.717) is 0 Å². The summed E-state index contributed by atoms with van der Waals surface area (Å²) in [7, 11) is 21.5. The van der Waals surface area contributed by atoms with Crippen LogP contribution in [0.1, 0.15) is 0 Å². The van der Waals surface area contributed by atoms with E-state index in [4.69, 9.17) is 48.9 Å². The molecular weight excluding hydrogens is 489 g/mol. The SMILES string of the molecule is CN(C)C(=S)SSC(=S)N(C)C.CN(C)C(=S)SSC(=S)N(C)C.S. The molecule has 0 fully saturated rings. The van der Waals surface area contributed by atoms with Crippen molar-refractivity contribution in [3.63, 3.8) is 0 Å². The highest BCUT2D eigenvalue weighted by molar-refractivity contribution is 8.90. The highest BCUT2D eigenvalue weighted by atomic mass is 33.1. The Morgan fingerprint density at radius 2 is 0.560 bits per heavy atom. The summed E-state index contributed by atoms with van der Waals surface area (Å²) in [4.78, 5) is 7.58. The van der Waals surface area contributed by atoms with Crippen LogP contribution in [0.5, 0.6) is 0 Å². The maximum absolute atomic E-state index is 5.07. The van der Waals surface area contributed by atoms with E-state index in [1.807, 2.05) is 76.0 Å². The zero-order valence-corrected chi connectivity index (χ0v) is 23.1. The molecule has 0 aromatic heterocycles. The molecule has 0 heterocycles. The molecule has 0 aliphatic carbocycles. The topological polar surface area (TPSA) is 13.0 Å². The molecule has 0 rings (SSSR count). The number of nitrogens with zero attached hydrogens (tertiary/aromatic N) is 4. The van der Waals surface area contributed by atoms with Gasteiger partial charge in [0.1, 0.15) is 17.3 Å². The molecule has 0 aliphatic rings. The summed E-state index contributed by atoms with van der Waals surface area (Å²) in [6.07, 6.45) is 0. The minimum absolute atomic E-state index is 0. The van der Waals surface area contributed by atoms with Crippen molar-refractivity contribution < 1.29 is 0 Å². The fraction of sp³-hybridized carbons (Fsp3) is 0.667. The number of hydrogen-bond donors (Lipinski definition) is 0. The molecule has 0 bridgehead atoms. The van der Waals surface area contributed by atoms with Crippen LogP contribution in [0.25, 0.3) is 0 Å². The van der Waals surface area contributed by atoms with Crippen LogP contribution in [-0.2, 0) is 0 Å². The first-order valence-electron chi connectivity index (χ1n) is 6.44. The van der Waals surface area contributed by atoms with Crippen molar-refractivity contribution in [3.05, 3.63) is 0 Å². The molecule has 0 saturated heterocycles. The lowest BCUT2D eigenvalue weighted by atomic mass is 11.0. The highest BCUT2D eigenvalue weighted by Crippen LogP contribution is 2.27. The van der Waals surface area contributed by atoms with E-state index < -0.39 is 0 Å². The van der Waals surface area contributed by atoms with Crippen LogP contribution in [0.4, 0.5) is 0 Å². The molecule has 0 unspecified atom stereocenters. The molecule has 13 heteroatoms. The molecule has 0 aliphatic heterocycles. The molecule has 25 heavy (non-hydrogen) atoms. The Morgan fingerprint density at radius 1 is 0.440 bits per heavy atom. The molecular formula is C12H26N4S9. The zero-order chi connectivity index (χ0) is 19.4.